The Morgan fingerprint density at radius 3 is 2.14 bits per heavy atom. The molecule has 0 radical (unpaired) electrons. The van der Waals surface area contributed by atoms with Gasteiger partial charge in [0.05, 0.1) is 17.1 Å². The van der Waals surface area contributed by atoms with Crippen molar-refractivity contribution in [1.82, 2.24) is 5.32 Å². The van der Waals surface area contributed by atoms with Gasteiger partial charge in [-0.1, -0.05) is 68.1 Å². The first-order valence-corrected chi connectivity index (χ1v) is 12.6. The number of hydrogen-bond donors (Lipinski definition) is 2. The van der Waals surface area contributed by atoms with E-state index in [1.54, 1.807) is 59.5 Å². The lowest BCUT2D eigenvalue weighted by Crippen LogP contribution is -2.56. The molecule has 8 heteroatoms. The minimum Gasteiger partial charge on any atom is -0.318 e. The van der Waals surface area contributed by atoms with E-state index in [9.17, 15) is 14.4 Å². The van der Waals surface area contributed by atoms with E-state index in [1.807, 2.05) is 6.07 Å². The van der Waals surface area contributed by atoms with Gasteiger partial charge in [0.25, 0.3) is 11.8 Å². The summed E-state index contributed by atoms with van der Waals surface area (Å²) >= 11 is 0. The van der Waals surface area contributed by atoms with Crippen molar-refractivity contribution in [3.05, 3.63) is 84.7 Å². The van der Waals surface area contributed by atoms with Crippen molar-refractivity contribution in [1.29, 1.82) is 0 Å². The first kappa shape index (κ1) is 24.5. The van der Waals surface area contributed by atoms with Crippen LogP contribution in [-0.4, -0.2) is 30.4 Å². The minimum atomic E-state index is -1.54. The molecule has 5 rings (SSSR count). The summed E-state index contributed by atoms with van der Waals surface area (Å²) in [6, 6.07) is 19.4. The first-order valence-electron chi connectivity index (χ1n) is 12.6. The van der Waals surface area contributed by atoms with Gasteiger partial charge in [0.15, 0.2) is 6.04 Å². The number of rotatable bonds is 6. The Balaban J connectivity index is 1.53. The van der Waals surface area contributed by atoms with E-state index in [4.69, 9.17) is 0 Å². The molecule has 1 aliphatic heterocycles. The molecule has 1 fully saturated rings. The van der Waals surface area contributed by atoms with E-state index in [1.165, 1.54) is 35.9 Å². The van der Waals surface area contributed by atoms with Gasteiger partial charge in [0, 0.05) is 12.2 Å². The van der Waals surface area contributed by atoms with Crippen molar-refractivity contribution in [2.45, 2.75) is 38.1 Å². The van der Waals surface area contributed by atoms with Crippen molar-refractivity contribution >= 4 is 40.6 Å². The molecule has 1 unspecified atom stereocenters. The predicted molar refractivity (Wildman–Crippen MR) is 141 cm³/mol. The zero-order valence-corrected chi connectivity index (χ0v) is 20.4. The average molecular weight is 501 g/mol. The number of carbonyl (C=O) groups is 3. The second kappa shape index (κ2) is 10.8. The van der Waals surface area contributed by atoms with E-state index in [0.717, 1.165) is 19.3 Å². The van der Waals surface area contributed by atoms with Gasteiger partial charge in [0.2, 0.25) is 0 Å². The zero-order valence-electron chi connectivity index (χ0n) is 20.4. The van der Waals surface area contributed by atoms with E-state index in [0.29, 0.717) is 29.5 Å². The first-order chi connectivity index (χ1) is 18.0. The van der Waals surface area contributed by atoms with Gasteiger partial charge >= 0.3 is 6.03 Å². The van der Waals surface area contributed by atoms with Crippen LogP contribution < -0.4 is 20.4 Å². The molecule has 1 heterocycles. The molecule has 3 aromatic rings. The molecule has 1 aliphatic carbocycles. The van der Waals surface area contributed by atoms with Crippen molar-refractivity contribution in [3.8, 4) is 0 Å². The summed E-state index contributed by atoms with van der Waals surface area (Å²) < 4.78 is 15.0. The molecule has 2 N–H and O–H groups in total. The second-order valence-electron chi connectivity index (χ2n) is 9.44. The normalized spacial score (nSPS) is 17.9. The third kappa shape index (κ3) is 5.18. The number of halogens is 1. The molecule has 1 saturated carbocycles. The van der Waals surface area contributed by atoms with Gasteiger partial charge in [-0.05, 0) is 48.7 Å². The maximum absolute atomic E-state index is 15.0. The fourth-order valence-electron chi connectivity index (χ4n) is 5.18. The number of nitrogens with zero attached hydrogens (tertiary/aromatic N) is 2. The van der Waals surface area contributed by atoms with Gasteiger partial charge in [-0.25, -0.2) is 9.18 Å². The van der Waals surface area contributed by atoms with Crippen molar-refractivity contribution in [3.63, 3.8) is 0 Å². The summed E-state index contributed by atoms with van der Waals surface area (Å²) in [5, 5.41) is 5.23. The monoisotopic (exact) mass is 500 g/mol. The number of benzene rings is 3. The summed E-state index contributed by atoms with van der Waals surface area (Å²) in [5.41, 5.74) is 1.43. The van der Waals surface area contributed by atoms with Crippen LogP contribution in [0.3, 0.4) is 0 Å². The molecule has 2 aliphatic rings. The quantitative estimate of drug-likeness (QED) is 0.432. The van der Waals surface area contributed by atoms with Gasteiger partial charge in [0.1, 0.15) is 5.82 Å². The molecule has 0 saturated heterocycles. The molecule has 0 bridgehead atoms. The Hall–Kier alpha value is -4.20. The lowest BCUT2D eigenvalue weighted by atomic mass is 10.0. The van der Waals surface area contributed by atoms with Crippen LogP contribution in [0.1, 0.15) is 32.1 Å². The van der Waals surface area contributed by atoms with Crippen LogP contribution in [0, 0.1) is 11.7 Å². The van der Waals surface area contributed by atoms with Crippen LogP contribution in [-0.2, 0) is 9.59 Å². The second-order valence-corrected chi connectivity index (χ2v) is 9.44. The fraction of sp³-hybridized carbons (Fsp3) is 0.276. The lowest BCUT2D eigenvalue weighted by molar-refractivity contribution is -0.128. The lowest BCUT2D eigenvalue weighted by Gasteiger charge is -2.26. The van der Waals surface area contributed by atoms with Crippen LogP contribution in [0.5, 0.6) is 0 Å². The highest BCUT2D eigenvalue weighted by atomic mass is 19.1. The van der Waals surface area contributed by atoms with E-state index in [-0.39, 0.29) is 5.69 Å². The molecular weight excluding hydrogens is 471 g/mol. The molecule has 190 valence electrons. The third-order valence-corrected chi connectivity index (χ3v) is 7.03. The smallest absolute Gasteiger partial charge is 0.318 e. The van der Waals surface area contributed by atoms with E-state index >= 15 is 4.39 Å². The SMILES string of the molecule is O=C(Nc1ccccc1)NC1C(=O)N(CCC2CCCC2)c2ccccc2N(c2ccccc2F)C1=O. The Bertz CT molecular complexity index is 1290. The maximum Gasteiger partial charge on any atom is 0.320 e. The van der Waals surface area contributed by atoms with Crippen molar-refractivity contribution in [2.75, 3.05) is 21.7 Å². The number of para-hydroxylation sites is 4. The number of hydrogen-bond acceptors (Lipinski definition) is 3. The molecule has 1 atom stereocenters. The highest BCUT2D eigenvalue weighted by Gasteiger charge is 2.42. The largest absolute Gasteiger partial charge is 0.320 e. The molecule has 3 aromatic carbocycles. The number of nitrogens with one attached hydrogen (secondary N) is 2. The summed E-state index contributed by atoms with van der Waals surface area (Å²) in [6.07, 6.45) is 5.38. The van der Waals surface area contributed by atoms with Crippen LogP contribution >= 0.6 is 0 Å². The van der Waals surface area contributed by atoms with Crippen LogP contribution in [0.15, 0.2) is 78.9 Å². The Morgan fingerprint density at radius 2 is 1.43 bits per heavy atom. The van der Waals surface area contributed by atoms with Crippen LogP contribution in [0.25, 0.3) is 0 Å². The minimum absolute atomic E-state index is 0.0145. The maximum atomic E-state index is 15.0. The van der Waals surface area contributed by atoms with Crippen molar-refractivity contribution in [2.24, 2.45) is 5.92 Å². The molecule has 7 nitrogen and oxygen atoms in total. The van der Waals surface area contributed by atoms with Crippen LogP contribution in [0.4, 0.5) is 31.9 Å². The van der Waals surface area contributed by atoms with E-state index in [2.05, 4.69) is 10.6 Å². The van der Waals surface area contributed by atoms with Gasteiger partial charge < -0.3 is 15.5 Å². The van der Waals surface area contributed by atoms with Gasteiger partial charge in [-0.15, -0.1) is 0 Å². The Morgan fingerprint density at radius 1 is 0.811 bits per heavy atom. The van der Waals surface area contributed by atoms with Gasteiger partial charge in [-0.3, -0.25) is 14.5 Å². The highest BCUT2D eigenvalue weighted by Crippen LogP contribution is 2.39. The summed E-state index contributed by atoms with van der Waals surface area (Å²) in [6.45, 7) is 0.400. The zero-order chi connectivity index (χ0) is 25.8. The standard InChI is InChI=1S/C29H29FN4O3/c30-22-14-6-7-15-23(22)34-25-17-9-8-16-24(25)33(19-18-20-10-4-5-11-20)27(35)26(28(34)36)32-29(37)31-21-12-2-1-3-13-21/h1-3,6-9,12-17,20,26H,4-5,10-11,18-19H2,(H2,31,32,37). The molecule has 0 aromatic heterocycles. The molecule has 0 spiro atoms. The number of carbonyl (C=O) groups excluding carboxylic acids is 3. The predicted octanol–water partition coefficient (Wildman–Crippen LogP) is 5.61. The number of amides is 4. The number of fused-ring (bicyclic) bond motifs is 1. The number of anilines is 4. The summed E-state index contributed by atoms with van der Waals surface area (Å²) in [4.78, 5) is 43.5. The average Bonchev–Trinajstić information content (AvgIpc) is 3.41. The fourth-order valence-corrected chi connectivity index (χ4v) is 5.18. The number of urea groups is 1. The molecular formula is C29H29FN4O3. The van der Waals surface area contributed by atoms with E-state index < -0.39 is 29.7 Å². The summed E-state index contributed by atoms with van der Waals surface area (Å²) in [5.74, 6) is -1.37. The summed E-state index contributed by atoms with van der Waals surface area (Å²) in [7, 11) is 0. The topological polar surface area (TPSA) is 81.8 Å². The molecule has 37 heavy (non-hydrogen) atoms. The molecule has 4 amide bonds. The third-order valence-electron chi connectivity index (χ3n) is 7.03. The highest BCUT2D eigenvalue weighted by molar-refractivity contribution is 6.24. The Labute approximate surface area is 215 Å². The van der Waals surface area contributed by atoms with Crippen LogP contribution in [0.2, 0.25) is 0 Å². The van der Waals surface area contributed by atoms with Gasteiger partial charge in [-0.2, -0.15) is 0 Å². The van der Waals surface area contributed by atoms with Crippen molar-refractivity contribution < 1.29 is 18.8 Å². The Kier molecular flexibility index (Phi) is 7.16.